The molecule has 7 heteroatoms. The van der Waals surface area contributed by atoms with Crippen LogP contribution in [0, 0.1) is 24.5 Å². The van der Waals surface area contributed by atoms with Gasteiger partial charge in [0.25, 0.3) is 0 Å². The average molecular weight is 360 g/mol. The molecule has 1 fully saturated rings. The number of aryl methyl sites for hydroxylation is 1. The second-order valence-corrected chi connectivity index (χ2v) is 6.45. The zero-order chi connectivity index (χ0) is 18.5. The first kappa shape index (κ1) is 18.4. The fraction of sp³-hybridized carbons (Fsp3) is 0.316. The first-order valence-electron chi connectivity index (χ1n) is 8.53. The standard InChI is InChI=1S/C19H22F2N4O/c1-12-2-5-16(21)8-17(12)24-18(26)11-22-9-14-10-23-25-19(14)13-3-6-15(20)7-4-13/h2-8,14,19,22-23,25H,9-11H2,1H3,(H,24,26). The Morgan fingerprint density at radius 2 is 1.88 bits per heavy atom. The fourth-order valence-corrected chi connectivity index (χ4v) is 3.05. The Bertz CT molecular complexity index is 767. The summed E-state index contributed by atoms with van der Waals surface area (Å²) in [4.78, 5) is 12.1. The number of anilines is 1. The molecule has 0 radical (unpaired) electrons. The number of amides is 1. The van der Waals surface area contributed by atoms with E-state index < -0.39 is 0 Å². The molecule has 0 saturated carbocycles. The van der Waals surface area contributed by atoms with E-state index in [-0.39, 0.29) is 36.0 Å². The number of nitrogens with one attached hydrogen (secondary N) is 4. The first-order chi connectivity index (χ1) is 12.5. The summed E-state index contributed by atoms with van der Waals surface area (Å²) in [5, 5.41) is 5.84. The summed E-state index contributed by atoms with van der Waals surface area (Å²) in [5.74, 6) is -0.664. The van der Waals surface area contributed by atoms with Crippen LogP contribution in [0.25, 0.3) is 0 Å². The normalized spacial score (nSPS) is 19.5. The van der Waals surface area contributed by atoms with Crippen molar-refractivity contribution in [1.82, 2.24) is 16.2 Å². The van der Waals surface area contributed by atoms with Gasteiger partial charge in [0.05, 0.1) is 12.6 Å². The van der Waals surface area contributed by atoms with Gasteiger partial charge in [0, 0.05) is 24.7 Å². The number of hydrogen-bond donors (Lipinski definition) is 4. The largest absolute Gasteiger partial charge is 0.325 e. The van der Waals surface area contributed by atoms with Gasteiger partial charge in [-0.15, -0.1) is 0 Å². The third-order valence-corrected chi connectivity index (χ3v) is 4.49. The Kier molecular flexibility index (Phi) is 5.92. The van der Waals surface area contributed by atoms with Crippen LogP contribution in [0.3, 0.4) is 0 Å². The predicted octanol–water partition coefficient (Wildman–Crippen LogP) is 2.27. The molecule has 3 rings (SSSR count). The maximum Gasteiger partial charge on any atom is 0.238 e. The molecule has 26 heavy (non-hydrogen) atoms. The van der Waals surface area contributed by atoms with Crippen molar-refractivity contribution in [3.8, 4) is 0 Å². The smallest absolute Gasteiger partial charge is 0.238 e. The SMILES string of the molecule is Cc1ccc(F)cc1NC(=O)CNCC1CNNC1c1ccc(F)cc1. The second-order valence-electron chi connectivity index (χ2n) is 6.45. The Morgan fingerprint density at radius 1 is 1.15 bits per heavy atom. The summed E-state index contributed by atoms with van der Waals surface area (Å²) in [5.41, 5.74) is 8.55. The van der Waals surface area contributed by atoms with E-state index in [0.717, 1.165) is 17.7 Å². The zero-order valence-electron chi connectivity index (χ0n) is 14.5. The van der Waals surface area contributed by atoms with Gasteiger partial charge in [-0.2, -0.15) is 0 Å². The highest BCUT2D eigenvalue weighted by molar-refractivity contribution is 5.92. The van der Waals surface area contributed by atoms with Gasteiger partial charge in [-0.05, 0) is 42.3 Å². The van der Waals surface area contributed by atoms with Gasteiger partial charge in [0.15, 0.2) is 0 Å². The van der Waals surface area contributed by atoms with Crippen molar-refractivity contribution >= 4 is 11.6 Å². The molecule has 2 aromatic rings. The van der Waals surface area contributed by atoms with E-state index in [9.17, 15) is 13.6 Å². The molecule has 4 N–H and O–H groups in total. The highest BCUT2D eigenvalue weighted by Gasteiger charge is 2.27. The van der Waals surface area contributed by atoms with Gasteiger partial charge < -0.3 is 10.6 Å². The molecule has 1 saturated heterocycles. The van der Waals surface area contributed by atoms with E-state index in [4.69, 9.17) is 0 Å². The van der Waals surface area contributed by atoms with Gasteiger partial charge in [-0.1, -0.05) is 18.2 Å². The number of hydrogen-bond acceptors (Lipinski definition) is 4. The van der Waals surface area contributed by atoms with E-state index in [1.807, 2.05) is 6.92 Å². The maximum atomic E-state index is 13.3. The van der Waals surface area contributed by atoms with Crippen LogP contribution in [0.2, 0.25) is 0 Å². The Hall–Kier alpha value is -2.35. The lowest BCUT2D eigenvalue weighted by Crippen LogP contribution is -2.34. The summed E-state index contributed by atoms with van der Waals surface area (Å²) >= 11 is 0. The van der Waals surface area contributed by atoms with Gasteiger partial charge in [-0.3, -0.25) is 10.2 Å². The maximum absolute atomic E-state index is 13.3. The van der Waals surface area contributed by atoms with E-state index in [1.165, 1.54) is 24.3 Å². The number of carbonyl (C=O) groups excluding carboxylic acids is 1. The number of hydrazine groups is 1. The van der Waals surface area contributed by atoms with Crippen molar-refractivity contribution in [2.75, 3.05) is 25.0 Å². The lowest BCUT2D eigenvalue weighted by atomic mass is 9.95. The predicted molar refractivity (Wildman–Crippen MR) is 96.4 cm³/mol. The topological polar surface area (TPSA) is 65.2 Å². The average Bonchev–Trinajstić information content (AvgIpc) is 3.07. The van der Waals surface area contributed by atoms with Gasteiger partial charge in [-0.25, -0.2) is 14.2 Å². The van der Waals surface area contributed by atoms with Crippen molar-refractivity contribution in [3.63, 3.8) is 0 Å². The highest BCUT2D eigenvalue weighted by Crippen LogP contribution is 2.24. The van der Waals surface area contributed by atoms with Crippen LogP contribution in [0.15, 0.2) is 42.5 Å². The number of rotatable bonds is 6. The quantitative estimate of drug-likeness (QED) is 0.638. The van der Waals surface area contributed by atoms with Crippen molar-refractivity contribution in [2.24, 2.45) is 5.92 Å². The minimum atomic E-state index is -0.385. The fourth-order valence-electron chi connectivity index (χ4n) is 3.05. The molecule has 1 aliphatic heterocycles. The molecule has 1 amide bonds. The summed E-state index contributed by atoms with van der Waals surface area (Å²) in [6.45, 7) is 3.28. The molecule has 0 bridgehead atoms. The van der Waals surface area contributed by atoms with Crippen LogP contribution in [0.1, 0.15) is 17.2 Å². The number of carbonyl (C=O) groups is 1. The minimum absolute atomic E-state index is 0.0385. The van der Waals surface area contributed by atoms with Crippen LogP contribution in [-0.2, 0) is 4.79 Å². The van der Waals surface area contributed by atoms with E-state index in [1.54, 1.807) is 18.2 Å². The molecule has 5 nitrogen and oxygen atoms in total. The molecule has 138 valence electrons. The summed E-state index contributed by atoms with van der Waals surface area (Å²) in [6, 6.07) is 10.7. The van der Waals surface area contributed by atoms with Gasteiger partial charge >= 0.3 is 0 Å². The van der Waals surface area contributed by atoms with Crippen LogP contribution in [0.4, 0.5) is 14.5 Å². The first-order valence-corrected chi connectivity index (χ1v) is 8.53. The lowest BCUT2D eigenvalue weighted by molar-refractivity contribution is -0.115. The van der Waals surface area contributed by atoms with E-state index >= 15 is 0 Å². The van der Waals surface area contributed by atoms with Crippen LogP contribution in [0.5, 0.6) is 0 Å². The molecule has 1 heterocycles. The number of benzene rings is 2. The van der Waals surface area contributed by atoms with Crippen LogP contribution >= 0.6 is 0 Å². The molecule has 2 unspecified atom stereocenters. The number of halogens is 2. The zero-order valence-corrected chi connectivity index (χ0v) is 14.5. The lowest BCUT2D eigenvalue weighted by Gasteiger charge is -2.19. The Labute approximate surface area is 151 Å². The molecule has 2 aromatic carbocycles. The molecule has 0 aliphatic carbocycles. The molecule has 0 spiro atoms. The van der Waals surface area contributed by atoms with E-state index in [2.05, 4.69) is 21.5 Å². The summed E-state index contributed by atoms with van der Waals surface area (Å²) in [6.07, 6.45) is 0. The molecular formula is C19H22F2N4O. The van der Waals surface area contributed by atoms with Crippen molar-refractivity contribution < 1.29 is 13.6 Å². The third-order valence-electron chi connectivity index (χ3n) is 4.49. The Morgan fingerprint density at radius 3 is 2.65 bits per heavy atom. The molecule has 2 atom stereocenters. The van der Waals surface area contributed by atoms with Crippen molar-refractivity contribution in [1.29, 1.82) is 0 Å². The van der Waals surface area contributed by atoms with Crippen molar-refractivity contribution in [2.45, 2.75) is 13.0 Å². The van der Waals surface area contributed by atoms with Gasteiger partial charge in [0.2, 0.25) is 5.91 Å². The third kappa shape index (κ3) is 4.63. The van der Waals surface area contributed by atoms with Crippen LogP contribution in [-0.4, -0.2) is 25.5 Å². The monoisotopic (exact) mass is 360 g/mol. The summed E-state index contributed by atoms with van der Waals surface area (Å²) in [7, 11) is 0. The Balaban J connectivity index is 1.50. The van der Waals surface area contributed by atoms with Crippen LogP contribution < -0.4 is 21.5 Å². The van der Waals surface area contributed by atoms with Crippen molar-refractivity contribution in [3.05, 3.63) is 65.2 Å². The summed E-state index contributed by atoms with van der Waals surface area (Å²) < 4.78 is 26.4. The molecule has 1 aliphatic rings. The molecular weight excluding hydrogens is 338 g/mol. The van der Waals surface area contributed by atoms with E-state index in [0.29, 0.717) is 12.2 Å². The minimum Gasteiger partial charge on any atom is -0.325 e. The second kappa shape index (κ2) is 8.35. The highest BCUT2D eigenvalue weighted by atomic mass is 19.1. The van der Waals surface area contributed by atoms with Gasteiger partial charge in [0.1, 0.15) is 11.6 Å². The molecule has 0 aromatic heterocycles.